The number of methoxy groups -OCH3 is 1. The van der Waals surface area contributed by atoms with Gasteiger partial charge in [0.1, 0.15) is 5.75 Å². The molecule has 2 N–H and O–H groups in total. The molecule has 0 fully saturated rings. The van der Waals surface area contributed by atoms with Crippen LogP contribution in [0.25, 0.3) is 0 Å². The fourth-order valence-corrected chi connectivity index (χ4v) is 1.59. The van der Waals surface area contributed by atoms with Crippen molar-refractivity contribution in [3.05, 3.63) is 23.3 Å². The van der Waals surface area contributed by atoms with Crippen molar-refractivity contribution in [2.24, 2.45) is 0 Å². The number of aryl methyl sites for hydroxylation is 1. The zero-order chi connectivity index (χ0) is 10.9. The molecular weight excluding hydrogens is 174 g/mol. The highest BCUT2D eigenvalue weighted by molar-refractivity contribution is 5.60. The molecule has 0 atom stereocenters. The van der Waals surface area contributed by atoms with E-state index in [2.05, 4.69) is 26.8 Å². The molecule has 2 heteroatoms. The predicted octanol–water partition coefficient (Wildman–Crippen LogP) is 2.88. The number of nitrogen functional groups attached to an aromatic ring is 1. The van der Waals surface area contributed by atoms with Crippen molar-refractivity contribution in [3.63, 3.8) is 0 Å². The third kappa shape index (κ3) is 2.00. The standard InChI is InChI=1S/C12H19NO/c1-8-6-9(12(2,3)4)11(14-5)10(13)7-8/h6-7H,13H2,1-5H3. The van der Waals surface area contributed by atoms with Gasteiger partial charge in [-0.2, -0.15) is 0 Å². The molecule has 1 rings (SSSR count). The molecular formula is C12H19NO. The van der Waals surface area contributed by atoms with Gasteiger partial charge in [-0.3, -0.25) is 0 Å². The fraction of sp³-hybridized carbons (Fsp3) is 0.500. The van der Waals surface area contributed by atoms with Crippen molar-refractivity contribution in [2.75, 3.05) is 12.8 Å². The van der Waals surface area contributed by atoms with Crippen LogP contribution in [0.4, 0.5) is 5.69 Å². The Morgan fingerprint density at radius 3 is 2.21 bits per heavy atom. The van der Waals surface area contributed by atoms with Gasteiger partial charge < -0.3 is 10.5 Å². The highest BCUT2D eigenvalue weighted by Crippen LogP contribution is 2.36. The Bertz CT molecular complexity index is 337. The van der Waals surface area contributed by atoms with Gasteiger partial charge in [-0.05, 0) is 24.0 Å². The molecule has 1 aromatic carbocycles. The molecule has 0 heterocycles. The highest BCUT2D eigenvalue weighted by atomic mass is 16.5. The predicted molar refractivity (Wildman–Crippen MR) is 60.8 cm³/mol. The maximum absolute atomic E-state index is 5.90. The summed E-state index contributed by atoms with van der Waals surface area (Å²) >= 11 is 0. The monoisotopic (exact) mass is 193 g/mol. The lowest BCUT2D eigenvalue weighted by Crippen LogP contribution is -2.14. The van der Waals surface area contributed by atoms with E-state index in [9.17, 15) is 0 Å². The van der Waals surface area contributed by atoms with Gasteiger partial charge in [0.15, 0.2) is 0 Å². The molecule has 0 unspecified atom stereocenters. The Balaban J connectivity index is 3.40. The van der Waals surface area contributed by atoms with Crippen molar-refractivity contribution in [2.45, 2.75) is 33.1 Å². The van der Waals surface area contributed by atoms with Crippen LogP contribution >= 0.6 is 0 Å². The van der Waals surface area contributed by atoms with Crippen molar-refractivity contribution >= 4 is 5.69 Å². The number of anilines is 1. The van der Waals surface area contributed by atoms with Crippen LogP contribution in [0.3, 0.4) is 0 Å². The topological polar surface area (TPSA) is 35.2 Å². The second-order valence-electron chi connectivity index (χ2n) is 4.68. The van der Waals surface area contributed by atoms with E-state index in [1.165, 1.54) is 5.56 Å². The summed E-state index contributed by atoms with van der Waals surface area (Å²) in [5.41, 5.74) is 9.02. The van der Waals surface area contributed by atoms with Crippen LogP contribution in [0.1, 0.15) is 31.9 Å². The van der Waals surface area contributed by atoms with Crippen LogP contribution in [-0.2, 0) is 5.41 Å². The normalized spacial score (nSPS) is 11.5. The van der Waals surface area contributed by atoms with Crippen LogP contribution in [0, 0.1) is 6.92 Å². The van der Waals surface area contributed by atoms with Crippen molar-refractivity contribution in [1.82, 2.24) is 0 Å². The Hall–Kier alpha value is -1.18. The Morgan fingerprint density at radius 1 is 1.21 bits per heavy atom. The largest absolute Gasteiger partial charge is 0.494 e. The molecule has 14 heavy (non-hydrogen) atoms. The lowest BCUT2D eigenvalue weighted by Gasteiger charge is -2.23. The minimum atomic E-state index is 0.0610. The fourth-order valence-electron chi connectivity index (χ4n) is 1.59. The van der Waals surface area contributed by atoms with Gasteiger partial charge in [0, 0.05) is 5.56 Å². The van der Waals surface area contributed by atoms with E-state index >= 15 is 0 Å². The summed E-state index contributed by atoms with van der Waals surface area (Å²) in [6.45, 7) is 8.52. The zero-order valence-corrected chi connectivity index (χ0v) is 9.64. The molecule has 0 spiro atoms. The molecule has 0 aromatic heterocycles. The molecule has 0 radical (unpaired) electrons. The van der Waals surface area contributed by atoms with E-state index in [0.29, 0.717) is 0 Å². The first-order chi connectivity index (χ1) is 6.36. The first-order valence-corrected chi connectivity index (χ1v) is 4.81. The summed E-state index contributed by atoms with van der Waals surface area (Å²) in [5, 5.41) is 0. The lowest BCUT2D eigenvalue weighted by atomic mass is 9.85. The first-order valence-electron chi connectivity index (χ1n) is 4.81. The third-order valence-electron chi connectivity index (χ3n) is 2.27. The molecule has 0 bridgehead atoms. The quantitative estimate of drug-likeness (QED) is 0.696. The molecule has 0 aliphatic heterocycles. The van der Waals surface area contributed by atoms with Crippen molar-refractivity contribution < 1.29 is 4.74 Å². The maximum Gasteiger partial charge on any atom is 0.145 e. The smallest absolute Gasteiger partial charge is 0.145 e. The number of benzene rings is 1. The average Bonchev–Trinajstić information content (AvgIpc) is 2.01. The van der Waals surface area contributed by atoms with E-state index in [4.69, 9.17) is 10.5 Å². The van der Waals surface area contributed by atoms with E-state index in [-0.39, 0.29) is 5.41 Å². The summed E-state index contributed by atoms with van der Waals surface area (Å²) in [5.74, 6) is 0.808. The number of hydrogen-bond acceptors (Lipinski definition) is 2. The van der Waals surface area contributed by atoms with Crippen LogP contribution in [0.2, 0.25) is 0 Å². The Labute approximate surface area is 86.1 Å². The average molecular weight is 193 g/mol. The SMILES string of the molecule is COc1c(N)cc(C)cc1C(C)(C)C. The van der Waals surface area contributed by atoms with Gasteiger partial charge in [0.25, 0.3) is 0 Å². The molecule has 0 aliphatic rings. The third-order valence-corrected chi connectivity index (χ3v) is 2.27. The highest BCUT2D eigenvalue weighted by Gasteiger charge is 2.20. The second kappa shape index (κ2) is 3.52. The zero-order valence-electron chi connectivity index (χ0n) is 9.64. The molecule has 0 saturated heterocycles. The summed E-state index contributed by atoms with van der Waals surface area (Å²) in [6, 6.07) is 4.07. The second-order valence-corrected chi connectivity index (χ2v) is 4.68. The van der Waals surface area contributed by atoms with Gasteiger partial charge in [-0.25, -0.2) is 0 Å². The number of ether oxygens (including phenoxy) is 1. The van der Waals surface area contributed by atoms with Crippen LogP contribution in [0.15, 0.2) is 12.1 Å². The van der Waals surface area contributed by atoms with Gasteiger partial charge in [-0.1, -0.05) is 26.8 Å². The van der Waals surface area contributed by atoms with Crippen LogP contribution in [-0.4, -0.2) is 7.11 Å². The molecule has 1 aromatic rings. The van der Waals surface area contributed by atoms with E-state index in [1.54, 1.807) is 7.11 Å². The van der Waals surface area contributed by atoms with Gasteiger partial charge >= 0.3 is 0 Å². The minimum Gasteiger partial charge on any atom is -0.494 e. The van der Waals surface area contributed by atoms with Crippen LogP contribution in [0.5, 0.6) is 5.75 Å². The number of hydrogen-bond donors (Lipinski definition) is 1. The molecule has 0 saturated carbocycles. The van der Waals surface area contributed by atoms with E-state index < -0.39 is 0 Å². The lowest BCUT2D eigenvalue weighted by molar-refractivity contribution is 0.399. The van der Waals surface area contributed by atoms with Crippen LogP contribution < -0.4 is 10.5 Å². The maximum atomic E-state index is 5.90. The number of rotatable bonds is 1. The van der Waals surface area contributed by atoms with Crippen molar-refractivity contribution in [1.29, 1.82) is 0 Å². The molecule has 2 nitrogen and oxygen atoms in total. The Kier molecular flexibility index (Phi) is 2.74. The molecule has 78 valence electrons. The first kappa shape index (κ1) is 10.9. The summed E-state index contributed by atoms with van der Waals surface area (Å²) in [6.07, 6.45) is 0. The molecule has 0 amide bonds. The Morgan fingerprint density at radius 2 is 1.79 bits per heavy atom. The van der Waals surface area contributed by atoms with Crippen molar-refractivity contribution in [3.8, 4) is 5.75 Å². The van der Waals surface area contributed by atoms with E-state index in [1.807, 2.05) is 13.0 Å². The summed E-state index contributed by atoms with van der Waals surface area (Å²) < 4.78 is 5.33. The summed E-state index contributed by atoms with van der Waals surface area (Å²) in [4.78, 5) is 0. The summed E-state index contributed by atoms with van der Waals surface area (Å²) in [7, 11) is 1.66. The van der Waals surface area contributed by atoms with Gasteiger partial charge in [0.2, 0.25) is 0 Å². The minimum absolute atomic E-state index is 0.0610. The molecule has 0 aliphatic carbocycles. The van der Waals surface area contributed by atoms with Gasteiger partial charge in [0.05, 0.1) is 12.8 Å². The van der Waals surface area contributed by atoms with E-state index in [0.717, 1.165) is 17.0 Å². The van der Waals surface area contributed by atoms with Gasteiger partial charge in [-0.15, -0.1) is 0 Å². The number of nitrogens with two attached hydrogens (primary N) is 1.